The van der Waals surface area contributed by atoms with Gasteiger partial charge in [0.15, 0.2) is 0 Å². The highest BCUT2D eigenvalue weighted by Crippen LogP contribution is 2.35. The van der Waals surface area contributed by atoms with Crippen LogP contribution in [0.1, 0.15) is 37.1 Å². The molecular formula is C15H15Cl3N2. The molecule has 2 atom stereocenters. The number of halogens is 3. The summed E-state index contributed by atoms with van der Waals surface area (Å²) in [5.74, 6) is 0. The second kappa shape index (κ2) is 6.77. The van der Waals surface area contributed by atoms with Gasteiger partial charge in [0.1, 0.15) is 0 Å². The third-order valence-corrected chi connectivity index (χ3v) is 4.55. The lowest BCUT2D eigenvalue weighted by Gasteiger charge is -2.22. The SMILES string of the molecule is CC(N[C@H](C)c1ccncc1)c1ccc(Cl)c(Cl)c1Cl. The number of pyridine rings is 1. The molecule has 1 heterocycles. The Labute approximate surface area is 134 Å². The number of rotatable bonds is 4. The molecular weight excluding hydrogens is 315 g/mol. The molecule has 2 rings (SSSR count). The largest absolute Gasteiger partial charge is 0.304 e. The molecule has 0 aliphatic heterocycles. The topological polar surface area (TPSA) is 24.9 Å². The first-order chi connectivity index (χ1) is 9.50. The van der Waals surface area contributed by atoms with Gasteiger partial charge in [-0.05, 0) is 43.2 Å². The molecule has 0 saturated heterocycles. The molecule has 2 aromatic rings. The normalized spacial score (nSPS) is 14.1. The van der Waals surface area contributed by atoms with Crippen molar-refractivity contribution in [3.8, 4) is 0 Å². The number of hydrogen-bond acceptors (Lipinski definition) is 2. The lowest BCUT2D eigenvalue weighted by molar-refractivity contribution is 0.494. The molecule has 20 heavy (non-hydrogen) atoms. The molecule has 0 aliphatic rings. The van der Waals surface area contributed by atoms with Crippen LogP contribution < -0.4 is 5.32 Å². The summed E-state index contributed by atoms with van der Waals surface area (Å²) in [6.07, 6.45) is 3.56. The van der Waals surface area contributed by atoms with Crippen molar-refractivity contribution in [1.82, 2.24) is 10.3 Å². The average Bonchev–Trinajstić information content (AvgIpc) is 2.45. The van der Waals surface area contributed by atoms with E-state index in [9.17, 15) is 0 Å². The summed E-state index contributed by atoms with van der Waals surface area (Å²) in [5, 5.41) is 4.85. The van der Waals surface area contributed by atoms with Crippen molar-refractivity contribution in [3.05, 3.63) is 62.9 Å². The van der Waals surface area contributed by atoms with Crippen LogP contribution in [-0.2, 0) is 0 Å². The van der Waals surface area contributed by atoms with E-state index in [0.29, 0.717) is 15.1 Å². The summed E-state index contributed by atoms with van der Waals surface area (Å²) in [6, 6.07) is 7.87. The highest BCUT2D eigenvalue weighted by molar-refractivity contribution is 6.48. The van der Waals surface area contributed by atoms with Crippen molar-refractivity contribution in [2.45, 2.75) is 25.9 Å². The maximum atomic E-state index is 6.26. The van der Waals surface area contributed by atoms with Crippen LogP contribution in [0.5, 0.6) is 0 Å². The highest BCUT2D eigenvalue weighted by Gasteiger charge is 2.16. The van der Waals surface area contributed by atoms with Gasteiger partial charge in [-0.15, -0.1) is 0 Å². The molecule has 1 aromatic heterocycles. The number of nitrogens with zero attached hydrogens (tertiary/aromatic N) is 1. The highest BCUT2D eigenvalue weighted by atomic mass is 35.5. The minimum Gasteiger partial charge on any atom is -0.304 e. The van der Waals surface area contributed by atoms with Crippen molar-refractivity contribution in [2.24, 2.45) is 0 Å². The first kappa shape index (κ1) is 15.6. The third kappa shape index (κ3) is 3.44. The maximum Gasteiger partial charge on any atom is 0.0781 e. The number of nitrogens with one attached hydrogen (secondary N) is 1. The van der Waals surface area contributed by atoms with Crippen molar-refractivity contribution in [3.63, 3.8) is 0 Å². The molecule has 0 aliphatic carbocycles. The van der Waals surface area contributed by atoms with E-state index in [1.54, 1.807) is 18.5 Å². The number of benzene rings is 1. The molecule has 0 saturated carbocycles. The summed E-state index contributed by atoms with van der Waals surface area (Å²) in [6.45, 7) is 4.14. The van der Waals surface area contributed by atoms with E-state index in [1.165, 1.54) is 5.56 Å². The Kier molecular flexibility index (Phi) is 5.28. The summed E-state index contributed by atoms with van der Waals surface area (Å²) in [5.41, 5.74) is 2.10. The zero-order chi connectivity index (χ0) is 14.7. The van der Waals surface area contributed by atoms with Crippen molar-refractivity contribution in [1.29, 1.82) is 0 Å². The zero-order valence-electron chi connectivity index (χ0n) is 11.2. The third-order valence-electron chi connectivity index (χ3n) is 3.24. The molecule has 0 fully saturated rings. The van der Waals surface area contributed by atoms with E-state index in [0.717, 1.165) is 5.56 Å². The van der Waals surface area contributed by atoms with Crippen LogP contribution in [0.2, 0.25) is 15.1 Å². The van der Waals surface area contributed by atoms with Crippen LogP contribution in [-0.4, -0.2) is 4.98 Å². The lowest BCUT2D eigenvalue weighted by Crippen LogP contribution is -2.22. The zero-order valence-corrected chi connectivity index (χ0v) is 13.5. The molecule has 0 bridgehead atoms. The van der Waals surface area contributed by atoms with E-state index in [-0.39, 0.29) is 12.1 Å². The van der Waals surface area contributed by atoms with Crippen LogP contribution in [0.4, 0.5) is 0 Å². The van der Waals surface area contributed by atoms with Gasteiger partial charge in [0.25, 0.3) is 0 Å². The predicted octanol–water partition coefficient (Wildman–Crippen LogP) is 5.45. The van der Waals surface area contributed by atoms with Gasteiger partial charge >= 0.3 is 0 Å². The molecule has 5 heteroatoms. The van der Waals surface area contributed by atoms with Crippen molar-refractivity contribution in [2.75, 3.05) is 0 Å². The van der Waals surface area contributed by atoms with Gasteiger partial charge in [0, 0.05) is 24.5 Å². The van der Waals surface area contributed by atoms with Crippen LogP contribution in [0, 0.1) is 0 Å². The Balaban J connectivity index is 2.17. The van der Waals surface area contributed by atoms with Gasteiger partial charge in [-0.1, -0.05) is 40.9 Å². The van der Waals surface area contributed by atoms with E-state index >= 15 is 0 Å². The fourth-order valence-corrected chi connectivity index (χ4v) is 2.79. The molecule has 106 valence electrons. The fourth-order valence-electron chi connectivity index (χ4n) is 2.09. The quantitative estimate of drug-likeness (QED) is 0.754. The Hall–Kier alpha value is -0.800. The molecule has 0 spiro atoms. The van der Waals surface area contributed by atoms with Gasteiger partial charge in [-0.2, -0.15) is 0 Å². The molecule has 1 unspecified atom stereocenters. The first-order valence-electron chi connectivity index (χ1n) is 6.30. The van der Waals surface area contributed by atoms with E-state index < -0.39 is 0 Å². The standard InChI is InChI=1S/C15H15Cl3N2/c1-9(11-5-7-19-8-6-11)20-10(2)12-3-4-13(16)15(18)14(12)17/h3-10,20H,1-2H3/t9-,10?/m1/s1. The molecule has 1 aromatic carbocycles. The minimum atomic E-state index is 0.0560. The van der Waals surface area contributed by atoms with Crippen molar-refractivity contribution >= 4 is 34.8 Å². The van der Waals surface area contributed by atoms with Crippen LogP contribution >= 0.6 is 34.8 Å². The predicted molar refractivity (Wildman–Crippen MR) is 85.7 cm³/mol. The molecule has 1 N–H and O–H groups in total. The minimum absolute atomic E-state index is 0.0560. The maximum absolute atomic E-state index is 6.26. The van der Waals surface area contributed by atoms with E-state index in [1.807, 2.05) is 25.1 Å². The summed E-state index contributed by atoms with van der Waals surface area (Å²) in [7, 11) is 0. The lowest BCUT2D eigenvalue weighted by atomic mass is 10.0. The van der Waals surface area contributed by atoms with Gasteiger partial charge in [-0.3, -0.25) is 4.98 Å². The van der Waals surface area contributed by atoms with E-state index in [4.69, 9.17) is 34.8 Å². The van der Waals surface area contributed by atoms with Gasteiger partial charge < -0.3 is 5.32 Å². The van der Waals surface area contributed by atoms with E-state index in [2.05, 4.69) is 17.2 Å². The Bertz CT molecular complexity index is 587. The summed E-state index contributed by atoms with van der Waals surface area (Å²) in [4.78, 5) is 4.02. The molecule has 2 nitrogen and oxygen atoms in total. The van der Waals surface area contributed by atoms with Crippen molar-refractivity contribution < 1.29 is 0 Å². The smallest absolute Gasteiger partial charge is 0.0781 e. The first-order valence-corrected chi connectivity index (χ1v) is 7.43. The van der Waals surface area contributed by atoms with Gasteiger partial charge in [0.05, 0.1) is 15.1 Å². The molecule has 0 radical (unpaired) electrons. The van der Waals surface area contributed by atoms with Crippen LogP contribution in [0.3, 0.4) is 0 Å². The monoisotopic (exact) mass is 328 g/mol. The second-order valence-corrected chi connectivity index (χ2v) is 5.82. The van der Waals surface area contributed by atoms with Crippen LogP contribution in [0.25, 0.3) is 0 Å². The van der Waals surface area contributed by atoms with Gasteiger partial charge in [0.2, 0.25) is 0 Å². The Morgan fingerprint density at radius 3 is 2.20 bits per heavy atom. The Morgan fingerprint density at radius 2 is 1.55 bits per heavy atom. The Morgan fingerprint density at radius 1 is 0.900 bits per heavy atom. The summed E-state index contributed by atoms with van der Waals surface area (Å²) < 4.78 is 0. The average molecular weight is 330 g/mol. The van der Waals surface area contributed by atoms with Gasteiger partial charge in [-0.25, -0.2) is 0 Å². The van der Waals surface area contributed by atoms with Crippen LogP contribution in [0.15, 0.2) is 36.7 Å². The fraction of sp³-hybridized carbons (Fsp3) is 0.267. The number of hydrogen-bond donors (Lipinski definition) is 1. The summed E-state index contributed by atoms with van der Waals surface area (Å²) >= 11 is 18.3. The number of aromatic nitrogens is 1. The molecule has 0 amide bonds. The second-order valence-electron chi connectivity index (χ2n) is 4.66.